The molecule has 0 aliphatic carbocycles. The zero-order valence-electron chi connectivity index (χ0n) is 7.83. The monoisotopic (exact) mass is 191 g/mol. The fraction of sp³-hybridized carbons (Fsp3) is 0.182. The highest BCUT2D eigenvalue weighted by atomic mass is 19.1. The summed E-state index contributed by atoms with van der Waals surface area (Å²) in [6.45, 7) is 1.72. The summed E-state index contributed by atoms with van der Waals surface area (Å²) in [4.78, 5) is 10.9. The van der Waals surface area contributed by atoms with E-state index in [-0.39, 0.29) is 18.1 Å². The van der Waals surface area contributed by atoms with Crippen LogP contribution in [0.3, 0.4) is 0 Å². The normalized spacial score (nSPS) is 10.7. The standard InChI is InChI=1S/C11H10FNO/c1-8(14)7-13-6-5-9-3-2-4-10(12)11(9)13/h2-6H,7H2,1H3. The number of para-hydroxylation sites is 1. The fourth-order valence-electron chi connectivity index (χ4n) is 1.59. The van der Waals surface area contributed by atoms with Crippen LogP contribution in [0.1, 0.15) is 6.92 Å². The minimum absolute atomic E-state index is 0.0192. The van der Waals surface area contributed by atoms with E-state index in [2.05, 4.69) is 0 Å². The molecule has 0 aliphatic rings. The van der Waals surface area contributed by atoms with Gasteiger partial charge in [-0.2, -0.15) is 0 Å². The van der Waals surface area contributed by atoms with Gasteiger partial charge in [0.2, 0.25) is 0 Å². The lowest BCUT2D eigenvalue weighted by Crippen LogP contribution is -2.05. The number of carbonyl (C=O) groups is 1. The van der Waals surface area contributed by atoms with Gasteiger partial charge < -0.3 is 4.57 Å². The van der Waals surface area contributed by atoms with Crippen molar-refractivity contribution in [1.82, 2.24) is 4.57 Å². The quantitative estimate of drug-likeness (QED) is 0.714. The Balaban J connectivity index is 2.61. The zero-order valence-corrected chi connectivity index (χ0v) is 7.83. The summed E-state index contributed by atoms with van der Waals surface area (Å²) in [7, 11) is 0. The van der Waals surface area contributed by atoms with Crippen LogP contribution in [0.2, 0.25) is 0 Å². The molecule has 0 aliphatic heterocycles. The summed E-state index contributed by atoms with van der Waals surface area (Å²) in [5.41, 5.74) is 0.503. The van der Waals surface area contributed by atoms with Crippen molar-refractivity contribution in [3.63, 3.8) is 0 Å². The zero-order chi connectivity index (χ0) is 10.1. The maximum absolute atomic E-state index is 13.4. The number of halogens is 1. The van der Waals surface area contributed by atoms with Crippen molar-refractivity contribution in [1.29, 1.82) is 0 Å². The van der Waals surface area contributed by atoms with Crippen molar-refractivity contribution < 1.29 is 9.18 Å². The maximum Gasteiger partial charge on any atom is 0.149 e. The molecule has 14 heavy (non-hydrogen) atoms. The van der Waals surface area contributed by atoms with Crippen molar-refractivity contribution in [3.05, 3.63) is 36.3 Å². The largest absolute Gasteiger partial charge is 0.338 e. The number of hydrogen-bond donors (Lipinski definition) is 0. The Kier molecular flexibility index (Phi) is 2.08. The number of benzene rings is 1. The molecule has 0 atom stereocenters. The molecule has 0 saturated carbocycles. The van der Waals surface area contributed by atoms with Gasteiger partial charge in [0.25, 0.3) is 0 Å². The fourth-order valence-corrected chi connectivity index (χ4v) is 1.59. The van der Waals surface area contributed by atoms with Gasteiger partial charge in [-0.3, -0.25) is 4.79 Å². The minimum Gasteiger partial charge on any atom is -0.338 e. The summed E-state index contributed by atoms with van der Waals surface area (Å²) in [5.74, 6) is -0.264. The summed E-state index contributed by atoms with van der Waals surface area (Å²) < 4.78 is 15.0. The lowest BCUT2D eigenvalue weighted by atomic mass is 10.2. The first-order chi connectivity index (χ1) is 6.68. The minimum atomic E-state index is -0.284. The molecule has 1 heterocycles. The third-order valence-corrected chi connectivity index (χ3v) is 2.13. The number of nitrogens with zero attached hydrogens (tertiary/aromatic N) is 1. The molecule has 0 fully saturated rings. The molecule has 1 aromatic heterocycles. The van der Waals surface area contributed by atoms with Crippen LogP contribution < -0.4 is 0 Å². The van der Waals surface area contributed by atoms with E-state index in [1.807, 2.05) is 6.07 Å². The third-order valence-electron chi connectivity index (χ3n) is 2.13. The van der Waals surface area contributed by atoms with Crippen LogP contribution in [-0.2, 0) is 11.3 Å². The molecule has 0 bridgehead atoms. The van der Waals surface area contributed by atoms with E-state index in [1.54, 1.807) is 22.9 Å². The smallest absolute Gasteiger partial charge is 0.149 e. The topological polar surface area (TPSA) is 22.0 Å². The van der Waals surface area contributed by atoms with Gasteiger partial charge in [0.05, 0.1) is 12.1 Å². The van der Waals surface area contributed by atoms with Crippen molar-refractivity contribution in [2.75, 3.05) is 0 Å². The Bertz CT molecular complexity index is 487. The van der Waals surface area contributed by atoms with Crippen LogP contribution in [0.5, 0.6) is 0 Å². The molecule has 2 nitrogen and oxygen atoms in total. The summed E-state index contributed by atoms with van der Waals surface area (Å²) in [5, 5.41) is 0.825. The van der Waals surface area contributed by atoms with Crippen molar-refractivity contribution >= 4 is 16.7 Å². The molecule has 2 rings (SSSR count). The van der Waals surface area contributed by atoms with E-state index in [0.29, 0.717) is 5.52 Å². The SMILES string of the molecule is CC(=O)Cn1ccc2cccc(F)c21. The Morgan fingerprint density at radius 1 is 1.43 bits per heavy atom. The van der Waals surface area contributed by atoms with Crippen LogP contribution >= 0.6 is 0 Å². The molecule has 0 saturated heterocycles. The second-order valence-corrected chi connectivity index (χ2v) is 3.32. The molecule has 3 heteroatoms. The van der Waals surface area contributed by atoms with E-state index in [4.69, 9.17) is 0 Å². The Morgan fingerprint density at radius 2 is 2.21 bits per heavy atom. The van der Waals surface area contributed by atoms with E-state index in [0.717, 1.165) is 5.39 Å². The van der Waals surface area contributed by atoms with Gasteiger partial charge in [0.15, 0.2) is 0 Å². The average Bonchev–Trinajstić information content (AvgIpc) is 2.49. The second-order valence-electron chi connectivity index (χ2n) is 3.32. The highest BCUT2D eigenvalue weighted by Gasteiger charge is 2.06. The first-order valence-electron chi connectivity index (χ1n) is 4.41. The maximum atomic E-state index is 13.4. The number of rotatable bonds is 2. The summed E-state index contributed by atoms with van der Waals surface area (Å²) >= 11 is 0. The van der Waals surface area contributed by atoms with Gasteiger partial charge in [0.1, 0.15) is 11.6 Å². The van der Waals surface area contributed by atoms with Crippen LogP contribution in [-0.4, -0.2) is 10.4 Å². The molecule has 2 aromatic rings. The van der Waals surface area contributed by atoms with Crippen molar-refractivity contribution in [3.8, 4) is 0 Å². The van der Waals surface area contributed by atoms with Gasteiger partial charge in [0, 0.05) is 11.6 Å². The Morgan fingerprint density at radius 3 is 2.93 bits per heavy atom. The van der Waals surface area contributed by atoms with Crippen LogP contribution in [0.4, 0.5) is 4.39 Å². The molecule has 0 amide bonds. The molecule has 72 valence electrons. The Hall–Kier alpha value is -1.64. The number of carbonyl (C=O) groups excluding carboxylic acids is 1. The lowest BCUT2D eigenvalue weighted by molar-refractivity contribution is -0.117. The van der Waals surface area contributed by atoms with E-state index in [1.165, 1.54) is 13.0 Å². The average molecular weight is 191 g/mol. The predicted molar refractivity (Wildman–Crippen MR) is 52.6 cm³/mol. The molecular weight excluding hydrogens is 181 g/mol. The second kappa shape index (κ2) is 3.25. The van der Waals surface area contributed by atoms with Crippen LogP contribution in [0, 0.1) is 5.82 Å². The van der Waals surface area contributed by atoms with E-state index < -0.39 is 0 Å². The van der Waals surface area contributed by atoms with Crippen molar-refractivity contribution in [2.45, 2.75) is 13.5 Å². The first kappa shape index (κ1) is 8.94. The van der Waals surface area contributed by atoms with E-state index in [9.17, 15) is 9.18 Å². The highest BCUT2D eigenvalue weighted by Crippen LogP contribution is 2.18. The van der Waals surface area contributed by atoms with Crippen LogP contribution in [0.25, 0.3) is 10.9 Å². The predicted octanol–water partition coefficient (Wildman–Crippen LogP) is 2.37. The number of ketones is 1. The van der Waals surface area contributed by atoms with Gasteiger partial charge in [-0.25, -0.2) is 4.39 Å². The first-order valence-corrected chi connectivity index (χ1v) is 4.41. The third kappa shape index (κ3) is 1.41. The molecule has 0 radical (unpaired) electrons. The molecule has 0 unspecified atom stereocenters. The number of hydrogen-bond acceptors (Lipinski definition) is 1. The summed E-state index contributed by atoms with van der Waals surface area (Å²) in [6.07, 6.45) is 1.73. The van der Waals surface area contributed by atoms with Crippen molar-refractivity contribution in [2.24, 2.45) is 0 Å². The molecular formula is C11H10FNO. The number of Topliss-reactive ketones (excluding diaryl/α,β-unsaturated/α-hetero) is 1. The van der Waals surface area contributed by atoms with Gasteiger partial charge in [-0.05, 0) is 19.1 Å². The van der Waals surface area contributed by atoms with Gasteiger partial charge in [-0.15, -0.1) is 0 Å². The van der Waals surface area contributed by atoms with E-state index >= 15 is 0 Å². The molecule has 1 aromatic carbocycles. The summed E-state index contributed by atoms with van der Waals surface area (Å²) in [6, 6.07) is 6.70. The molecule has 0 spiro atoms. The Labute approximate surface area is 81.0 Å². The molecule has 0 N–H and O–H groups in total. The highest BCUT2D eigenvalue weighted by molar-refractivity contribution is 5.83. The lowest BCUT2D eigenvalue weighted by Gasteiger charge is -2.02. The van der Waals surface area contributed by atoms with Crippen LogP contribution in [0.15, 0.2) is 30.5 Å². The van der Waals surface area contributed by atoms with Gasteiger partial charge in [-0.1, -0.05) is 12.1 Å². The van der Waals surface area contributed by atoms with Gasteiger partial charge >= 0.3 is 0 Å². The number of fused-ring (bicyclic) bond motifs is 1. The number of aromatic nitrogens is 1.